The molecule has 0 unspecified atom stereocenters. The van der Waals surface area contributed by atoms with E-state index >= 15 is 0 Å². The smallest absolute Gasteiger partial charge is 0.321 e. The minimum absolute atomic E-state index is 0.0637. The molecular weight excluding hydrogens is 428 g/mol. The molecular formula is C20H29ClN4O4S. The molecule has 0 aliphatic carbocycles. The molecule has 3 rings (SSSR count). The molecule has 2 fully saturated rings. The van der Waals surface area contributed by atoms with Crippen LogP contribution >= 0.6 is 11.6 Å². The third-order valence-corrected chi connectivity index (χ3v) is 7.79. The third-order valence-electron chi connectivity index (χ3n) is 5.48. The van der Waals surface area contributed by atoms with E-state index in [1.165, 1.54) is 4.31 Å². The van der Waals surface area contributed by atoms with Crippen LogP contribution in [0.25, 0.3) is 0 Å². The van der Waals surface area contributed by atoms with E-state index in [4.69, 9.17) is 11.6 Å². The van der Waals surface area contributed by atoms with E-state index in [2.05, 4.69) is 5.32 Å². The number of urea groups is 1. The van der Waals surface area contributed by atoms with E-state index in [1.54, 1.807) is 34.1 Å². The van der Waals surface area contributed by atoms with Crippen molar-refractivity contribution in [1.82, 2.24) is 14.1 Å². The van der Waals surface area contributed by atoms with E-state index in [9.17, 15) is 18.0 Å². The van der Waals surface area contributed by atoms with Gasteiger partial charge in [0.2, 0.25) is 15.9 Å². The van der Waals surface area contributed by atoms with Crippen molar-refractivity contribution in [3.63, 3.8) is 0 Å². The molecule has 3 amide bonds. The third kappa shape index (κ3) is 5.44. The van der Waals surface area contributed by atoms with Gasteiger partial charge in [-0.3, -0.25) is 4.79 Å². The topological polar surface area (TPSA) is 90.0 Å². The number of nitrogens with zero attached hydrogens (tertiary/aromatic N) is 3. The molecule has 2 aliphatic heterocycles. The number of benzene rings is 1. The lowest BCUT2D eigenvalue weighted by Gasteiger charge is -2.29. The Bertz CT molecular complexity index is 879. The predicted molar refractivity (Wildman–Crippen MR) is 117 cm³/mol. The summed E-state index contributed by atoms with van der Waals surface area (Å²) in [7, 11) is -3.41. The van der Waals surface area contributed by atoms with Gasteiger partial charge in [0, 0.05) is 43.4 Å². The van der Waals surface area contributed by atoms with Crippen molar-refractivity contribution >= 4 is 39.2 Å². The molecule has 2 heterocycles. The van der Waals surface area contributed by atoms with Crippen molar-refractivity contribution in [1.29, 1.82) is 0 Å². The molecule has 10 heteroatoms. The quantitative estimate of drug-likeness (QED) is 0.737. The summed E-state index contributed by atoms with van der Waals surface area (Å²) >= 11 is 5.96. The molecule has 2 aliphatic rings. The molecule has 1 N–H and O–H groups in total. The van der Waals surface area contributed by atoms with Crippen LogP contribution in [-0.4, -0.2) is 79.0 Å². The van der Waals surface area contributed by atoms with Gasteiger partial charge in [-0.2, -0.15) is 4.31 Å². The monoisotopic (exact) mass is 456 g/mol. The van der Waals surface area contributed by atoms with Crippen molar-refractivity contribution in [2.24, 2.45) is 0 Å². The van der Waals surface area contributed by atoms with Gasteiger partial charge in [-0.05, 0) is 43.9 Å². The first-order valence-electron chi connectivity index (χ1n) is 10.4. The van der Waals surface area contributed by atoms with E-state index in [-0.39, 0.29) is 17.7 Å². The van der Waals surface area contributed by atoms with Crippen molar-refractivity contribution in [3.8, 4) is 0 Å². The molecule has 0 spiro atoms. The van der Waals surface area contributed by atoms with Crippen LogP contribution in [-0.2, 0) is 14.8 Å². The Morgan fingerprint density at radius 1 is 1.10 bits per heavy atom. The summed E-state index contributed by atoms with van der Waals surface area (Å²) in [5, 5.41) is 3.37. The fourth-order valence-corrected chi connectivity index (χ4v) is 5.95. The van der Waals surface area contributed by atoms with Gasteiger partial charge in [0.25, 0.3) is 0 Å². The van der Waals surface area contributed by atoms with Crippen molar-refractivity contribution in [3.05, 3.63) is 29.3 Å². The molecule has 166 valence electrons. The Labute approximate surface area is 183 Å². The second kappa shape index (κ2) is 9.98. The minimum Gasteiger partial charge on any atom is -0.339 e. The fourth-order valence-electron chi connectivity index (χ4n) is 4.02. The standard InChI is InChI=1S/C20H29ClN4O4S/c1-2-14-30(28,29)25-11-4-8-18(25)19(26)23-9-5-10-24(13-12-23)20(27)22-17-7-3-6-16(21)15-17/h3,6-7,15,18H,2,4-5,8-14H2,1H3,(H,22,27)/t18-/m1/s1. The first-order chi connectivity index (χ1) is 14.3. The average molecular weight is 457 g/mol. The highest BCUT2D eigenvalue weighted by Crippen LogP contribution is 2.24. The maximum absolute atomic E-state index is 13.1. The summed E-state index contributed by atoms with van der Waals surface area (Å²) < 4.78 is 26.4. The zero-order valence-corrected chi connectivity index (χ0v) is 18.8. The Balaban J connectivity index is 1.60. The SMILES string of the molecule is CCCS(=O)(=O)N1CCC[C@@H]1C(=O)N1CCCN(C(=O)Nc2cccc(Cl)c2)CC1. The molecule has 8 nitrogen and oxygen atoms in total. The summed E-state index contributed by atoms with van der Waals surface area (Å²) in [5.74, 6) is -0.0851. The summed E-state index contributed by atoms with van der Waals surface area (Å²) in [6, 6.07) is 6.09. The number of anilines is 1. The van der Waals surface area contributed by atoms with Crippen LogP contribution in [0.3, 0.4) is 0 Å². The van der Waals surface area contributed by atoms with Gasteiger partial charge in [0.05, 0.1) is 5.75 Å². The highest BCUT2D eigenvalue weighted by molar-refractivity contribution is 7.89. The zero-order chi connectivity index (χ0) is 21.7. The Morgan fingerprint density at radius 2 is 1.83 bits per heavy atom. The van der Waals surface area contributed by atoms with Gasteiger partial charge in [-0.1, -0.05) is 24.6 Å². The van der Waals surface area contributed by atoms with E-state index < -0.39 is 16.1 Å². The lowest BCUT2D eigenvalue weighted by Crippen LogP contribution is -2.49. The highest BCUT2D eigenvalue weighted by Gasteiger charge is 2.40. The normalized spacial score (nSPS) is 20.8. The molecule has 1 aromatic rings. The summed E-state index contributed by atoms with van der Waals surface area (Å²) in [6.07, 6.45) is 2.42. The van der Waals surface area contributed by atoms with Crippen LogP contribution in [0.15, 0.2) is 24.3 Å². The number of carbonyl (C=O) groups is 2. The first-order valence-corrected chi connectivity index (χ1v) is 12.4. The summed E-state index contributed by atoms with van der Waals surface area (Å²) in [5.41, 5.74) is 0.618. The molecule has 2 saturated heterocycles. The average Bonchev–Trinajstić information content (AvgIpc) is 3.06. The summed E-state index contributed by atoms with van der Waals surface area (Å²) in [6.45, 7) is 4.05. The number of nitrogens with one attached hydrogen (secondary N) is 1. The van der Waals surface area contributed by atoms with Crippen LogP contribution in [0.4, 0.5) is 10.5 Å². The number of amides is 3. The lowest BCUT2D eigenvalue weighted by atomic mass is 10.2. The molecule has 1 aromatic carbocycles. The second-order valence-corrected chi connectivity index (χ2v) is 10.2. The highest BCUT2D eigenvalue weighted by atomic mass is 35.5. The number of hydrogen-bond acceptors (Lipinski definition) is 4. The summed E-state index contributed by atoms with van der Waals surface area (Å²) in [4.78, 5) is 29.1. The maximum Gasteiger partial charge on any atom is 0.321 e. The lowest BCUT2D eigenvalue weighted by molar-refractivity contribution is -0.134. The zero-order valence-electron chi connectivity index (χ0n) is 17.2. The molecule has 1 atom stereocenters. The molecule has 0 aromatic heterocycles. The molecule has 0 bridgehead atoms. The van der Waals surface area contributed by atoms with Crippen molar-refractivity contribution < 1.29 is 18.0 Å². The van der Waals surface area contributed by atoms with Crippen LogP contribution < -0.4 is 5.32 Å². The number of rotatable bonds is 5. The van der Waals surface area contributed by atoms with Gasteiger partial charge in [0.15, 0.2) is 0 Å². The second-order valence-electron chi connectivity index (χ2n) is 7.69. The van der Waals surface area contributed by atoms with Gasteiger partial charge in [0.1, 0.15) is 6.04 Å². The van der Waals surface area contributed by atoms with Crippen molar-refractivity contribution in [2.75, 3.05) is 43.8 Å². The van der Waals surface area contributed by atoms with Gasteiger partial charge < -0.3 is 15.1 Å². The predicted octanol–water partition coefficient (Wildman–Crippen LogP) is 2.61. The van der Waals surface area contributed by atoms with Crippen LogP contribution in [0.2, 0.25) is 5.02 Å². The van der Waals surface area contributed by atoms with Gasteiger partial charge in [-0.15, -0.1) is 0 Å². The van der Waals surface area contributed by atoms with Crippen LogP contribution in [0.1, 0.15) is 32.6 Å². The van der Waals surface area contributed by atoms with E-state index in [0.717, 1.165) is 0 Å². The van der Waals surface area contributed by atoms with Crippen molar-refractivity contribution in [2.45, 2.75) is 38.6 Å². The van der Waals surface area contributed by atoms with Crippen LogP contribution in [0, 0.1) is 0 Å². The van der Waals surface area contributed by atoms with E-state index in [1.807, 2.05) is 6.92 Å². The maximum atomic E-state index is 13.1. The van der Waals surface area contributed by atoms with Crippen LogP contribution in [0.5, 0.6) is 0 Å². The number of halogens is 1. The largest absolute Gasteiger partial charge is 0.339 e. The molecule has 0 saturated carbocycles. The van der Waals surface area contributed by atoms with Gasteiger partial charge in [-0.25, -0.2) is 13.2 Å². The van der Waals surface area contributed by atoms with Gasteiger partial charge >= 0.3 is 6.03 Å². The van der Waals surface area contributed by atoms with E-state index in [0.29, 0.717) is 69.1 Å². The molecule has 0 radical (unpaired) electrons. The minimum atomic E-state index is -3.41. The Kier molecular flexibility index (Phi) is 7.60. The Morgan fingerprint density at radius 3 is 2.57 bits per heavy atom. The first kappa shape index (κ1) is 22.8. The number of carbonyl (C=O) groups excluding carboxylic acids is 2. The number of hydrogen-bond donors (Lipinski definition) is 1. The Hall–Kier alpha value is -1.84. The number of sulfonamides is 1. The molecule has 30 heavy (non-hydrogen) atoms. The fraction of sp³-hybridized carbons (Fsp3) is 0.600.